The van der Waals surface area contributed by atoms with Gasteiger partial charge in [0, 0.05) is 13.0 Å². The van der Waals surface area contributed by atoms with Gasteiger partial charge in [-0.05, 0) is 71.6 Å². The SMILES string of the molecule is CC(C)=CCCC(C)C[C@H](O)OCC[C@@H](C)CCC=C(C)C. The van der Waals surface area contributed by atoms with Crippen LogP contribution in [0.2, 0.25) is 0 Å². The summed E-state index contributed by atoms with van der Waals surface area (Å²) in [5.41, 5.74) is 2.76. The van der Waals surface area contributed by atoms with Crippen LogP contribution in [0.25, 0.3) is 0 Å². The lowest BCUT2D eigenvalue weighted by Crippen LogP contribution is -2.17. The first-order valence-corrected chi connectivity index (χ1v) is 8.87. The van der Waals surface area contributed by atoms with Crippen molar-refractivity contribution >= 4 is 0 Å². The second-order valence-electron chi connectivity index (χ2n) is 7.28. The van der Waals surface area contributed by atoms with Crippen LogP contribution in [0.4, 0.5) is 0 Å². The molecule has 0 radical (unpaired) electrons. The van der Waals surface area contributed by atoms with Crippen LogP contribution in [0, 0.1) is 11.8 Å². The Bertz CT molecular complexity index is 323. The summed E-state index contributed by atoms with van der Waals surface area (Å²) in [6.07, 6.45) is 10.3. The van der Waals surface area contributed by atoms with Gasteiger partial charge in [-0.3, -0.25) is 0 Å². The zero-order valence-electron chi connectivity index (χ0n) is 15.7. The molecule has 0 fully saturated rings. The fourth-order valence-corrected chi connectivity index (χ4v) is 2.39. The summed E-state index contributed by atoms with van der Waals surface area (Å²) in [6, 6.07) is 0. The van der Waals surface area contributed by atoms with E-state index in [1.165, 1.54) is 17.6 Å². The molecule has 0 saturated heterocycles. The first kappa shape index (κ1) is 21.4. The summed E-state index contributed by atoms with van der Waals surface area (Å²) in [4.78, 5) is 0. The van der Waals surface area contributed by atoms with Gasteiger partial charge in [0.25, 0.3) is 0 Å². The van der Waals surface area contributed by atoms with Gasteiger partial charge in [0.15, 0.2) is 6.29 Å². The Morgan fingerprint density at radius 1 is 0.864 bits per heavy atom. The number of hydrogen-bond donors (Lipinski definition) is 1. The van der Waals surface area contributed by atoms with Crippen LogP contribution in [0.1, 0.15) is 80.1 Å². The second-order valence-corrected chi connectivity index (χ2v) is 7.28. The lowest BCUT2D eigenvalue weighted by Gasteiger charge is -2.18. The predicted molar refractivity (Wildman–Crippen MR) is 96.9 cm³/mol. The number of allylic oxidation sites excluding steroid dienone is 4. The summed E-state index contributed by atoms with van der Waals surface area (Å²) in [7, 11) is 0. The molecule has 0 bridgehead atoms. The Labute approximate surface area is 138 Å². The minimum absolute atomic E-state index is 0.501. The highest BCUT2D eigenvalue weighted by Gasteiger charge is 2.11. The second kappa shape index (κ2) is 12.9. The van der Waals surface area contributed by atoms with Gasteiger partial charge < -0.3 is 9.84 Å². The number of aliphatic hydroxyl groups is 1. The third kappa shape index (κ3) is 14.3. The first-order chi connectivity index (χ1) is 10.3. The van der Waals surface area contributed by atoms with Crippen molar-refractivity contribution in [1.29, 1.82) is 0 Å². The van der Waals surface area contributed by atoms with Gasteiger partial charge in [0.2, 0.25) is 0 Å². The third-order valence-electron chi connectivity index (χ3n) is 3.95. The molecule has 0 aromatic carbocycles. The van der Waals surface area contributed by atoms with Crippen molar-refractivity contribution < 1.29 is 9.84 Å². The number of aliphatic hydroxyl groups excluding tert-OH is 1. The summed E-state index contributed by atoms with van der Waals surface area (Å²) in [5.74, 6) is 1.15. The minimum Gasteiger partial charge on any atom is -0.368 e. The average Bonchev–Trinajstić information content (AvgIpc) is 2.37. The van der Waals surface area contributed by atoms with Gasteiger partial charge in [-0.25, -0.2) is 0 Å². The highest BCUT2D eigenvalue weighted by molar-refractivity contribution is 4.93. The Morgan fingerprint density at radius 2 is 1.36 bits per heavy atom. The van der Waals surface area contributed by atoms with Crippen molar-refractivity contribution in [3.05, 3.63) is 23.3 Å². The number of hydrogen-bond acceptors (Lipinski definition) is 2. The van der Waals surface area contributed by atoms with E-state index < -0.39 is 6.29 Å². The number of ether oxygens (including phenoxy) is 1. The summed E-state index contributed by atoms with van der Waals surface area (Å²) < 4.78 is 5.56. The quantitative estimate of drug-likeness (QED) is 0.361. The highest BCUT2D eigenvalue weighted by atomic mass is 16.6. The molecule has 0 spiro atoms. The molecule has 1 unspecified atom stereocenters. The van der Waals surface area contributed by atoms with Crippen LogP contribution in [0.5, 0.6) is 0 Å². The monoisotopic (exact) mass is 310 g/mol. The van der Waals surface area contributed by atoms with Crippen LogP contribution in [0.15, 0.2) is 23.3 Å². The molecule has 2 nitrogen and oxygen atoms in total. The van der Waals surface area contributed by atoms with Gasteiger partial charge in [0.1, 0.15) is 0 Å². The topological polar surface area (TPSA) is 29.5 Å². The summed E-state index contributed by atoms with van der Waals surface area (Å²) in [6.45, 7) is 13.6. The molecule has 0 aromatic heterocycles. The van der Waals surface area contributed by atoms with E-state index in [9.17, 15) is 5.11 Å². The molecule has 0 aliphatic carbocycles. The Hall–Kier alpha value is -0.600. The maximum absolute atomic E-state index is 9.94. The van der Waals surface area contributed by atoms with Gasteiger partial charge in [0.05, 0.1) is 0 Å². The van der Waals surface area contributed by atoms with E-state index in [0.29, 0.717) is 18.4 Å². The van der Waals surface area contributed by atoms with Gasteiger partial charge in [-0.1, -0.05) is 37.1 Å². The van der Waals surface area contributed by atoms with E-state index in [1.54, 1.807) is 0 Å². The van der Waals surface area contributed by atoms with E-state index in [4.69, 9.17) is 4.74 Å². The van der Waals surface area contributed by atoms with Gasteiger partial charge >= 0.3 is 0 Å². The largest absolute Gasteiger partial charge is 0.368 e. The van der Waals surface area contributed by atoms with Crippen molar-refractivity contribution in [2.45, 2.75) is 86.4 Å². The molecule has 2 heteroatoms. The van der Waals surface area contributed by atoms with E-state index in [2.05, 4.69) is 53.7 Å². The van der Waals surface area contributed by atoms with Crippen molar-refractivity contribution in [3.63, 3.8) is 0 Å². The molecule has 22 heavy (non-hydrogen) atoms. The molecule has 0 heterocycles. The molecule has 0 saturated carbocycles. The average molecular weight is 311 g/mol. The van der Waals surface area contributed by atoms with E-state index in [0.717, 1.165) is 32.1 Å². The smallest absolute Gasteiger partial charge is 0.154 e. The zero-order valence-corrected chi connectivity index (χ0v) is 15.7. The van der Waals surface area contributed by atoms with Crippen LogP contribution in [-0.4, -0.2) is 18.0 Å². The van der Waals surface area contributed by atoms with Crippen molar-refractivity contribution in [2.24, 2.45) is 11.8 Å². The molecule has 1 N–H and O–H groups in total. The van der Waals surface area contributed by atoms with Crippen LogP contribution in [-0.2, 0) is 4.74 Å². The lowest BCUT2D eigenvalue weighted by molar-refractivity contribution is -0.113. The lowest BCUT2D eigenvalue weighted by atomic mass is 10.0. The standard InChI is InChI=1S/C20H38O2/c1-16(2)9-7-11-18(5)13-14-22-20(21)15-19(6)12-8-10-17(3)4/h9-10,18-21H,7-8,11-15H2,1-6H3/t18-,19?,20+/m0/s1. The van der Waals surface area contributed by atoms with Crippen molar-refractivity contribution in [1.82, 2.24) is 0 Å². The molecule has 0 amide bonds. The maximum atomic E-state index is 9.94. The highest BCUT2D eigenvalue weighted by Crippen LogP contribution is 2.16. The molecular weight excluding hydrogens is 272 g/mol. The van der Waals surface area contributed by atoms with Crippen molar-refractivity contribution in [2.75, 3.05) is 6.61 Å². The van der Waals surface area contributed by atoms with E-state index >= 15 is 0 Å². The van der Waals surface area contributed by atoms with Crippen molar-refractivity contribution in [3.8, 4) is 0 Å². The Balaban J connectivity index is 3.69. The van der Waals surface area contributed by atoms with Crippen LogP contribution < -0.4 is 0 Å². The molecule has 130 valence electrons. The fraction of sp³-hybridized carbons (Fsp3) is 0.800. The van der Waals surface area contributed by atoms with E-state index in [-0.39, 0.29) is 0 Å². The zero-order chi connectivity index (χ0) is 17.0. The number of rotatable bonds is 12. The van der Waals surface area contributed by atoms with Crippen LogP contribution >= 0.6 is 0 Å². The molecule has 3 atom stereocenters. The van der Waals surface area contributed by atoms with Crippen LogP contribution in [0.3, 0.4) is 0 Å². The maximum Gasteiger partial charge on any atom is 0.154 e. The molecule has 0 aromatic rings. The Morgan fingerprint density at radius 3 is 1.86 bits per heavy atom. The third-order valence-corrected chi connectivity index (χ3v) is 3.95. The molecule has 0 rings (SSSR count). The minimum atomic E-state index is -0.605. The van der Waals surface area contributed by atoms with E-state index in [1.807, 2.05) is 0 Å². The molecule has 0 aliphatic heterocycles. The first-order valence-electron chi connectivity index (χ1n) is 8.87. The normalized spacial score (nSPS) is 15.0. The van der Waals surface area contributed by atoms with Gasteiger partial charge in [-0.2, -0.15) is 0 Å². The Kier molecular flexibility index (Phi) is 12.5. The molecule has 0 aliphatic rings. The fourth-order valence-electron chi connectivity index (χ4n) is 2.39. The summed E-state index contributed by atoms with van der Waals surface area (Å²) >= 11 is 0. The predicted octanol–water partition coefficient (Wildman–Crippen LogP) is 5.87. The summed E-state index contributed by atoms with van der Waals surface area (Å²) in [5, 5.41) is 9.94. The molecular formula is C20H38O2. The van der Waals surface area contributed by atoms with Gasteiger partial charge in [-0.15, -0.1) is 0 Å².